The molecule has 6 aromatic rings. The van der Waals surface area contributed by atoms with Crippen molar-refractivity contribution in [2.45, 2.75) is 51.1 Å². The number of aromatic carboxylic acids is 1. The molecular weight excluding hydrogens is 2460 g/mol. The number of phosphoric acid groups is 1. The number of non-ortho nitro benzene ring substituents is 6. The first kappa shape index (κ1) is 130. The summed E-state index contributed by atoms with van der Waals surface area (Å²) in [5.41, 5.74) is -9.95. The van der Waals surface area contributed by atoms with Crippen LogP contribution >= 0.6 is 103 Å². The zero-order chi connectivity index (χ0) is 113. The van der Waals surface area contributed by atoms with E-state index in [-0.39, 0.29) is 176 Å². The van der Waals surface area contributed by atoms with E-state index in [4.69, 9.17) is 44.1 Å². The average molecular weight is 2550 g/mol. The lowest BCUT2D eigenvalue weighted by Gasteiger charge is -2.25. The van der Waals surface area contributed by atoms with Gasteiger partial charge in [0.05, 0.1) is 188 Å². The minimum absolute atomic E-state index is 0.00661. The highest BCUT2D eigenvalue weighted by Gasteiger charge is 2.37. The molecule has 8 rings (SSSR count). The fourth-order valence-electron chi connectivity index (χ4n) is 12.4. The van der Waals surface area contributed by atoms with E-state index in [9.17, 15) is 173 Å². The van der Waals surface area contributed by atoms with Gasteiger partial charge < -0.3 is 95.6 Å². The number of carbonyl (C=O) groups excluding carboxylic acids is 5. The molecule has 0 spiro atoms. The summed E-state index contributed by atoms with van der Waals surface area (Å²) in [6, 6.07) is 9.87. The van der Waals surface area contributed by atoms with Gasteiger partial charge in [-0.15, -0.1) is 0 Å². The van der Waals surface area contributed by atoms with Gasteiger partial charge in [0.25, 0.3) is 108 Å². The average Bonchev–Trinajstić information content (AvgIpc) is 0.778. The number of nitro groups is 12. The van der Waals surface area contributed by atoms with Crippen LogP contribution in [0.2, 0.25) is 0 Å². The Morgan fingerprint density at radius 1 is 0.369 bits per heavy atom. The van der Waals surface area contributed by atoms with Gasteiger partial charge in [0.2, 0.25) is 0 Å². The minimum Gasteiger partial charge on any atom is -0.478 e. The van der Waals surface area contributed by atoms with Crippen molar-refractivity contribution in [3.8, 4) is 0 Å². The lowest BCUT2D eigenvalue weighted by molar-refractivity contribution is -0.395. The number of carboxylic acids is 1. The number of hydrogen-bond acceptors (Lipinski definition) is 46. The smallest absolute Gasteiger partial charge is 0.469 e. The van der Waals surface area contributed by atoms with Gasteiger partial charge in [0.15, 0.2) is 12.6 Å². The first-order valence-electron chi connectivity index (χ1n) is 41.8. The Balaban J connectivity index is 0.000000466. The van der Waals surface area contributed by atoms with Crippen molar-refractivity contribution in [3.63, 3.8) is 0 Å². The molecule has 74 heteroatoms. The number of carboxylic acid groups (broad SMARTS) is 1. The third-order valence-electron chi connectivity index (χ3n) is 18.7. The molecule has 0 aromatic heterocycles. The number of nitrogens with zero attached hydrogens (tertiary/aromatic N) is 15. The van der Waals surface area contributed by atoms with E-state index in [1.807, 2.05) is 0 Å². The Morgan fingerprint density at radius 2 is 0.624 bits per heavy atom. The summed E-state index contributed by atoms with van der Waals surface area (Å²) in [5.74, 6) is -5.46. The molecule has 2 aliphatic rings. The van der Waals surface area contributed by atoms with Gasteiger partial charge in [-0.25, -0.2) is 9.36 Å². The van der Waals surface area contributed by atoms with E-state index in [1.54, 1.807) is 0 Å². The van der Waals surface area contributed by atoms with Gasteiger partial charge in [-0.1, -0.05) is 47.8 Å². The number of rotatable bonds is 51. The van der Waals surface area contributed by atoms with Crippen molar-refractivity contribution in [3.05, 3.63) is 241 Å². The second kappa shape index (κ2) is 65.0. The van der Waals surface area contributed by atoms with E-state index < -0.39 is 212 Å². The quantitative estimate of drug-likeness (QED) is 0.00425. The maximum atomic E-state index is 12.8. The molecule has 818 valence electrons. The van der Waals surface area contributed by atoms with Crippen LogP contribution in [0.25, 0.3) is 0 Å². The molecule has 0 bridgehead atoms. The normalized spacial score (nSPS) is 12.9. The molecule has 2 fully saturated rings. The highest BCUT2D eigenvalue weighted by atomic mass is 79.9. The van der Waals surface area contributed by atoms with Gasteiger partial charge in [-0.2, -0.15) is 8.42 Å². The molecule has 0 aliphatic carbocycles. The maximum Gasteiger partial charge on any atom is 0.469 e. The fourth-order valence-corrected chi connectivity index (χ4v) is 16.1. The van der Waals surface area contributed by atoms with Crippen LogP contribution in [0.3, 0.4) is 0 Å². The minimum atomic E-state index is -4.81. The maximum absolute atomic E-state index is 12.8. The first-order chi connectivity index (χ1) is 70.0. The van der Waals surface area contributed by atoms with Crippen molar-refractivity contribution in [1.29, 1.82) is 0 Å². The van der Waals surface area contributed by atoms with Gasteiger partial charge in [-0.3, -0.25) is 154 Å². The van der Waals surface area contributed by atoms with E-state index in [0.29, 0.717) is 36.0 Å². The van der Waals surface area contributed by atoms with E-state index in [1.165, 1.54) is 14.7 Å². The third kappa shape index (κ3) is 43.2. The molecular formula is C75H89Br6N20O46PS. The number of carbonyl (C=O) groups is 6. The SMILES string of the molecule is CS(=O)(=O)OCCN(CCBr)c1c(C(=O)NCCOP(=O)(O)O)cc([N+](=O)[O-])cc1[N+](=O)[O-].O=C(NCCO)c1cc([N+](=O)[O-])cc([N+](=O)[O-])c1Br.O=C(NCCO)c1cc([N+](=O)[O-])cc([N+](=O)[O-])c1N(CCO)CCBr.O=C(NCCOC1CCCCO1)c1cc([N+](=O)[O-])cc([N+](=O)[O-])c1Br.O=C(NCCOC1CCCCO1)c1cc([N+](=O)[O-])cc([N+](=O)[O-])c1N(CCO)CCBr.O=C(O)c1cc([N+](=O)[O-])cc([N+](=O)[O-])c1Br. The van der Waals surface area contributed by atoms with Crippen molar-refractivity contribution in [2.24, 2.45) is 0 Å². The Kier molecular flexibility index (Phi) is 56.8. The van der Waals surface area contributed by atoms with Crippen molar-refractivity contribution >= 4 is 234 Å². The number of alkyl halides is 3. The van der Waals surface area contributed by atoms with Crippen molar-refractivity contribution in [2.75, 3.05) is 175 Å². The summed E-state index contributed by atoms with van der Waals surface area (Å²) < 4.78 is 63.3. The molecule has 2 unspecified atom stereocenters. The zero-order valence-corrected chi connectivity index (χ0v) is 87.9. The van der Waals surface area contributed by atoms with Gasteiger partial charge in [0.1, 0.15) is 30.5 Å². The van der Waals surface area contributed by atoms with Gasteiger partial charge >= 0.3 is 13.8 Å². The molecule has 0 saturated carbocycles. The molecule has 2 atom stereocenters. The van der Waals surface area contributed by atoms with Crippen LogP contribution in [0, 0.1) is 121 Å². The predicted molar refractivity (Wildman–Crippen MR) is 534 cm³/mol. The largest absolute Gasteiger partial charge is 0.478 e. The number of nitro benzene ring substituents is 12. The van der Waals surface area contributed by atoms with Crippen molar-refractivity contribution < 1.29 is 164 Å². The molecule has 5 amide bonds. The fraction of sp³-hybridized carbons (Fsp3) is 0.440. The summed E-state index contributed by atoms with van der Waals surface area (Å²) in [7, 11) is -8.64. The van der Waals surface area contributed by atoms with Crippen LogP contribution < -0.4 is 41.3 Å². The Hall–Kier alpha value is -13.1. The van der Waals surface area contributed by atoms with Gasteiger partial charge in [-0.05, 0) is 86.3 Å². The Morgan fingerprint density at radius 3 is 0.866 bits per heavy atom. The summed E-state index contributed by atoms with van der Waals surface area (Å²) in [5, 5.41) is 190. The number of hydrogen-bond donors (Lipinski definition) is 12. The lowest BCUT2D eigenvalue weighted by Crippen LogP contribution is -2.34. The first-order valence-corrected chi connectivity index (χ1v) is 50.9. The summed E-state index contributed by atoms with van der Waals surface area (Å²) in [4.78, 5) is 216. The summed E-state index contributed by atoms with van der Waals surface area (Å²) in [6.07, 6.45) is 5.70. The van der Waals surface area contributed by atoms with Gasteiger partial charge in [0, 0.05) is 138 Å². The molecule has 149 heavy (non-hydrogen) atoms. The lowest BCUT2D eigenvalue weighted by atomic mass is 10.1. The van der Waals surface area contributed by atoms with Crippen LogP contribution in [-0.2, 0) is 42.3 Å². The molecule has 6 aromatic carbocycles. The molecule has 0 radical (unpaired) electrons. The highest BCUT2D eigenvalue weighted by molar-refractivity contribution is 9.11. The predicted octanol–water partition coefficient (Wildman–Crippen LogP) is 8.40. The van der Waals surface area contributed by atoms with Crippen LogP contribution in [0.15, 0.2) is 86.2 Å². The van der Waals surface area contributed by atoms with Crippen molar-refractivity contribution in [1.82, 2.24) is 26.6 Å². The number of aliphatic hydroxyl groups is 4. The highest BCUT2D eigenvalue weighted by Crippen LogP contribution is 2.43. The van der Waals surface area contributed by atoms with E-state index in [2.05, 4.69) is 131 Å². The second-order valence-corrected chi connectivity index (χ2v) is 36.5. The van der Waals surface area contributed by atoms with E-state index in [0.717, 1.165) is 105 Å². The molecule has 12 N–H and O–H groups in total. The van der Waals surface area contributed by atoms with Crippen LogP contribution in [0.5, 0.6) is 0 Å². The topological polar surface area (TPSA) is 938 Å². The number of nitrogens with one attached hydrogen (secondary N) is 5. The van der Waals surface area contributed by atoms with Crippen LogP contribution in [0.4, 0.5) is 85.3 Å². The zero-order valence-electron chi connectivity index (χ0n) is 76.7. The van der Waals surface area contributed by atoms with Crippen LogP contribution in [0.1, 0.15) is 101 Å². The Labute approximate surface area is 886 Å². The second-order valence-electron chi connectivity index (χ2n) is 28.8. The standard InChI is InChI=1S/C18H25BrN4O8.C14H20BrN4O12PS.C14H16BrN3O7.C13H17BrN4O7.C9H8BrN3O6.C7H3BrN2O6/c19-4-6-21(7-8-24)17-14(11-13(22(26)27)12-15(17)23(28)29)18(25)20-5-10-31-16-3-1-2-9-30-16;1-33(28,29)31-7-5-17(4-2-15)13-11(14(20)16-3-6-30-32(25,26)27)8-10(18(21)22)9-12(13)19(23)24;15-13-10(7-9(17(20)21)8-11(13)18(22)23)14(19)16-4-6-25-12-3-1-2-5-24-12;14-1-3-16(4-6-20)12-10(13(21)15-2-5-19)7-9(17(22)23)8-11(12)18(24)25;10-8-6(9(15)11-1-2-14)3-5(12(16)17)4-7(8)13(18)19;8-6-4(7(11)12)1-3(9(13)14)2-5(6)10(15)16/h11-12,16,24H,1-10H2,(H,20,25);8-9H,2-7H2,1H3,(H,16,20)(H2,25,26,27);7-8,12H,1-6H2,(H,16,19);7-8,19-20H,1-6H2,(H,15,21);3-4,14H,1-2H2,(H,11,15);1-2H,(H,11,12). The number of phosphoric ester groups is 1. The number of amides is 5. The number of benzene rings is 6. The summed E-state index contributed by atoms with van der Waals surface area (Å²) in [6.45, 7) is -0.921. The number of halogens is 6. The molecule has 66 nitrogen and oxygen atoms in total. The molecule has 2 saturated heterocycles. The number of ether oxygens (including phenoxy) is 4. The number of anilines is 3. The Bertz CT molecular complexity index is 5990. The monoisotopic (exact) mass is 2540 g/mol. The third-order valence-corrected chi connectivity index (χ3v) is 23.4. The molecule has 2 heterocycles. The number of aliphatic hydroxyl groups excluding tert-OH is 4. The molecule has 2 aliphatic heterocycles. The van der Waals surface area contributed by atoms with Crippen LogP contribution in [-0.4, -0.2) is 311 Å². The van der Waals surface area contributed by atoms with E-state index >= 15 is 0 Å². The summed E-state index contributed by atoms with van der Waals surface area (Å²) >= 11 is 18.1.